The van der Waals surface area contributed by atoms with Gasteiger partial charge in [-0.15, -0.1) is 0 Å². The molecule has 0 saturated carbocycles. The Morgan fingerprint density at radius 1 is 1.17 bits per heavy atom. The van der Waals surface area contributed by atoms with Gasteiger partial charge in [-0.05, 0) is 24.3 Å². The van der Waals surface area contributed by atoms with Gasteiger partial charge in [0.2, 0.25) is 10.0 Å². The third kappa shape index (κ3) is 4.24. The highest BCUT2D eigenvalue weighted by Gasteiger charge is 2.43. The minimum atomic E-state index is -4.95. The van der Waals surface area contributed by atoms with Crippen molar-refractivity contribution in [1.29, 1.82) is 0 Å². The molecule has 2 aromatic carbocycles. The van der Waals surface area contributed by atoms with Crippen LogP contribution in [0.2, 0.25) is 0 Å². The van der Waals surface area contributed by atoms with Crippen LogP contribution in [0.25, 0.3) is 10.9 Å². The average Bonchev–Trinajstić information content (AvgIpc) is 3.09. The maximum Gasteiger partial charge on any atom is 0.406 e. The average molecular weight is 443 g/mol. The number of rotatable bonds is 7. The van der Waals surface area contributed by atoms with Gasteiger partial charge in [-0.2, -0.15) is 17.9 Å². The zero-order chi connectivity index (χ0) is 22.1. The van der Waals surface area contributed by atoms with E-state index in [1.165, 1.54) is 30.0 Å². The van der Waals surface area contributed by atoms with Crippen molar-refractivity contribution in [2.24, 2.45) is 0 Å². The Hall–Kier alpha value is -3.12. The summed E-state index contributed by atoms with van der Waals surface area (Å²) >= 11 is 0. The van der Waals surface area contributed by atoms with Crippen LogP contribution in [0.3, 0.4) is 0 Å². The number of alkyl halides is 3. The number of para-hydroxylation sites is 1. The molecule has 0 radical (unpaired) electrons. The second-order valence-corrected chi connectivity index (χ2v) is 7.98. The van der Waals surface area contributed by atoms with Crippen molar-refractivity contribution in [2.75, 3.05) is 7.11 Å². The van der Waals surface area contributed by atoms with E-state index in [2.05, 4.69) is 0 Å². The molecule has 3 aromatic rings. The van der Waals surface area contributed by atoms with Crippen molar-refractivity contribution in [1.82, 2.24) is 9.29 Å². The van der Waals surface area contributed by atoms with Gasteiger partial charge in [0, 0.05) is 24.2 Å². The van der Waals surface area contributed by atoms with Crippen molar-refractivity contribution < 1.29 is 31.2 Å². The lowest BCUT2D eigenvalue weighted by molar-refractivity contribution is -0.387. The van der Waals surface area contributed by atoms with E-state index in [0.29, 0.717) is 16.7 Å². The molecular weight excluding hydrogens is 427 g/mol. The highest BCUT2D eigenvalue weighted by atomic mass is 32.2. The summed E-state index contributed by atoms with van der Waals surface area (Å²) in [5, 5.41) is 11.6. The highest BCUT2D eigenvalue weighted by Crippen LogP contribution is 2.30. The first kappa shape index (κ1) is 21.6. The molecule has 1 unspecified atom stereocenters. The number of methoxy groups -OCH3 is 1. The zero-order valence-corrected chi connectivity index (χ0v) is 16.3. The van der Waals surface area contributed by atoms with E-state index in [9.17, 15) is 31.7 Å². The number of fused-ring (bicyclic) bond motifs is 1. The quantitative estimate of drug-likeness (QED) is 0.445. The second-order valence-electron chi connectivity index (χ2n) is 6.30. The first-order valence-corrected chi connectivity index (χ1v) is 9.97. The Bertz CT molecular complexity index is 1190. The monoisotopic (exact) mass is 443 g/mol. The molecule has 0 aliphatic carbocycles. The van der Waals surface area contributed by atoms with Gasteiger partial charge in [-0.25, -0.2) is 8.42 Å². The summed E-state index contributed by atoms with van der Waals surface area (Å²) in [6.45, 7) is -0.778. The minimum Gasteiger partial charge on any atom is -0.496 e. The Morgan fingerprint density at radius 3 is 2.50 bits per heavy atom. The number of nitro benzene ring substituents is 1. The number of aromatic nitrogens is 1. The van der Waals surface area contributed by atoms with Crippen LogP contribution in [-0.2, 0) is 16.6 Å². The summed E-state index contributed by atoms with van der Waals surface area (Å²) in [5.41, 5.74) is -0.407. The number of nitrogens with one attached hydrogen (secondary N) is 1. The molecule has 12 heteroatoms. The van der Waals surface area contributed by atoms with Crippen LogP contribution in [-0.4, -0.2) is 37.2 Å². The van der Waals surface area contributed by atoms with E-state index in [1.54, 1.807) is 29.0 Å². The van der Waals surface area contributed by atoms with Crippen molar-refractivity contribution in [3.63, 3.8) is 0 Å². The lowest BCUT2D eigenvalue weighted by Gasteiger charge is -2.22. The molecule has 0 saturated heterocycles. The molecule has 160 valence electrons. The normalized spacial score (nSPS) is 13.3. The summed E-state index contributed by atoms with van der Waals surface area (Å²) < 4.78 is 74.1. The smallest absolute Gasteiger partial charge is 0.406 e. The Labute approximate surface area is 169 Å². The van der Waals surface area contributed by atoms with Gasteiger partial charge in [0.05, 0.1) is 17.5 Å². The van der Waals surface area contributed by atoms with Crippen LogP contribution in [0.4, 0.5) is 18.9 Å². The fourth-order valence-corrected chi connectivity index (χ4v) is 4.41. The highest BCUT2D eigenvalue weighted by molar-refractivity contribution is 7.89. The number of nitrogens with zero attached hydrogens (tertiary/aromatic N) is 2. The Kier molecular flexibility index (Phi) is 5.72. The molecule has 30 heavy (non-hydrogen) atoms. The molecule has 0 aliphatic heterocycles. The Balaban J connectivity index is 1.98. The maximum atomic E-state index is 13.7. The van der Waals surface area contributed by atoms with E-state index < -0.39 is 44.3 Å². The lowest BCUT2D eigenvalue weighted by Crippen LogP contribution is -2.47. The number of sulfonamides is 1. The number of ether oxygens (including phenoxy) is 1. The van der Waals surface area contributed by atoms with Gasteiger partial charge in [-0.1, -0.05) is 18.2 Å². The molecule has 0 aliphatic rings. The standard InChI is InChI=1S/C18H16F3N3O5S/c1-29-15-7-4-6-13-12(15)9-10-23(13)11-17(18(19,20)21)22-30(27,28)16-8-3-2-5-14(16)24(25)26/h2-10,17,22H,11H2,1H3. The Morgan fingerprint density at radius 2 is 1.87 bits per heavy atom. The second kappa shape index (κ2) is 7.95. The van der Waals surface area contributed by atoms with Crippen LogP contribution < -0.4 is 9.46 Å². The van der Waals surface area contributed by atoms with Gasteiger partial charge in [-0.3, -0.25) is 10.1 Å². The summed E-state index contributed by atoms with van der Waals surface area (Å²) in [6, 6.07) is 8.03. The summed E-state index contributed by atoms with van der Waals surface area (Å²) in [7, 11) is -3.42. The summed E-state index contributed by atoms with van der Waals surface area (Å²) in [4.78, 5) is 9.28. The van der Waals surface area contributed by atoms with Crippen LogP contribution >= 0.6 is 0 Å². The molecule has 3 rings (SSSR count). The minimum absolute atomic E-state index is 0.411. The van der Waals surface area contributed by atoms with Gasteiger partial charge in [0.25, 0.3) is 5.69 Å². The van der Waals surface area contributed by atoms with E-state index in [0.717, 1.165) is 12.1 Å². The fraction of sp³-hybridized carbons (Fsp3) is 0.222. The summed E-state index contributed by atoms with van der Waals surface area (Å²) in [6.07, 6.45) is -3.57. The van der Waals surface area contributed by atoms with E-state index in [-0.39, 0.29) is 0 Å². The first-order chi connectivity index (χ1) is 14.0. The van der Waals surface area contributed by atoms with Gasteiger partial charge < -0.3 is 9.30 Å². The van der Waals surface area contributed by atoms with Gasteiger partial charge >= 0.3 is 6.18 Å². The molecule has 0 spiro atoms. The predicted octanol–water partition coefficient (Wildman–Crippen LogP) is 3.47. The van der Waals surface area contributed by atoms with Crippen LogP contribution in [0, 0.1) is 10.1 Å². The van der Waals surface area contributed by atoms with E-state index in [1.807, 2.05) is 0 Å². The number of hydrogen-bond donors (Lipinski definition) is 1. The number of benzene rings is 2. The predicted molar refractivity (Wildman–Crippen MR) is 102 cm³/mol. The van der Waals surface area contributed by atoms with E-state index in [4.69, 9.17) is 4.74 Å². The first-order valence-electron chi connectivity index (χ1n) is 8.49. The number of hydrogen-bond acceptors (Lipinski definition) is 5. The third-order valence-electron chi connectivity index (χ3n) is 4.42. The molecule has 1 heterocycles. The van der Waals surface area contributed by atoms with E-state index >= 15 is 0 Å². The van der Waals surface area contributed by atoms with Crippen LogP contribution in [0.15, 0.2) is 59.6 Å². The van der Waals surface area contributed by atoms with Crippen molar-refractivity contribution in [3.05, 3.63) is 64.8 Å². The third-order valence-corrected chi connectivity index (χ3v) is 5.94. The molecular formula is C18H16F3N3O5S. The van der Waals surface area contributed by atoms with Crippen LogP contribution in [0.5, 0.6) is 5.75 Å². The molecule has 0 bridgehead atoms. The van der Waals surface area contributed by atoms with Crippen molar-refractivity contribution >= 4 is 26.6 Å². The topological polar surface area (TPSA) is 103 Å². The number of halogens is 3. The molecule has 1 aromatic heterocycles. The van der Waals surface area contributed by atoms with Crippen LogP contribution in [0.1, 0.15) is 0 Å². The van der Waals surface area contributed by atoms with Gasteiger partial charge in [0.15, 0.2) is 4.90 Å². The molecule has 1 N–H and O–H groups in total. The molecule has 0 fully saturated rings. The van der Waals surface area contributed by atoms with Crippen molar-refractivity contribution in [3.8, 4) is 5.75 Å². The molecule has 1 atom stereocenters. The largest absolute Gasteiger partial charge is 0.496 e. The fourth-order valence-electron chi connectivity index (χ4n) is 3.02. The number of nitro groups is 1. The zero-order valence-electron chi connectivity index (χ0n) is 15.5. The maximum absolute atomic E-state index is 13.7. The molecule has 0 amide bonds. The lowest BCUT2D eigenvalue weighted by atomic mass is 10.2. The SMILES string of the molecule is COc1cccc2c1ccn2CC(NS(=O)(=O)c1ccccc1[N+](=O)[O-])C(F)(F)F. The van der Waals surface area contributed by atoms with Crippen molar-refractivity contribution in [2.45, 2.75) is 23.7 Å². The summed E-state index contributed by atoms with van der Waals surface area (Å²) in [5.74, 6) is 0.454. The molecule has 8 nitrogen and oxygen atoms in total. The van der Waals surface area contributed by atoms with Gasteiger partial charge in [0.1, 0.15) is 11.8 Å².